The number of amides is 1. The molecule has 1 unspecified atom stereocenters. The van der Waals surface area contributed by atoms with Gasteiger partial charge >= 0.3 is 5.97 Å². The van der Waals surface area contributed by atoms with E-state index in [1.807, 2.05) is 0 Å². The van der Waals surface area contributed by atoms with Crippen LogP contribution in [-0.2, 0) is 9.59 Å². The molecule has 2 aliphatic heterocycles. The topological polar surface area (TPSA) is 114 Å². The van der Waals surface area contributed by atoms with Crippen molar-refractivity contribution in [3.05, 3.63) is 27.4 Å². The van der Waals surface area contributed by atoms with E-state index in [1.165, 1.54) is 28.0 Å². The van der Waals surface area contributed by atoms with Gasteiger partial charge in [0.2, 0.25) is 11.0 Å². The molecule has 1 amide bonds. The molecular weight excluding hydrogens is 358 g/mol. The number of carbonyl (C=O) groups is 3. The predicted molar refractivity (Wildman–Crippen MR) is 89.4 cm³/mol. The number of rotatable bonds is 4. The second kappa shape index (κ2) is 6.27. The van der Waals surface area contributed by atoms with E-state index in [-0.39, 0.29) is 27.8 Å². The third kappa shape index (κ3) is 2.91. The number of aliphatic carboxylic acids is 1. The summed E-state index contributed by atoms with van der Waals surface area (Å²) in [6.07, 6.45) is 0. The normalized spacial score (nSPS) is 23.6. The summed E-state index contributed by atoms with van der Waals surface area (Å²) < 4.78 is 0. The number of thioether (sulfide) groups is 2. The van der Waals surface area contributed by atoms with Crippen LogP contribution in [0.1, 0.15) is 15.5 Å². The standard InChI is InChI=1S/C13H13N3O4S3/c1-5-2-21-9(15-5)13(20)23-4-6-3-22-11-7(14)10(17)16(11)8(6)12(18)19/h2,7,11H,3-4,14H2,1H3,(H,18,19)/t7?,11-/m0/s1. The van der Waals surface area contributed by atoms with E-state index in [1.54, 1.807) is 12.3 Å². The molecular formula is C13H13N3O4S3. The molecule has 0 saturated carbocycles. The molecule has 122 valence electrons. The molecule has 1 saturated heterocycles. The molecule has 0 aromatic carbocycles. The van der Waals surface area contributed by atoms with E-state index in [2.05, 4.69) is 4.98 Å². The highest BCUT2D eigenvalue weighted by molar-refractivity contribution is 8.14. The summed E-state index contributed by atoms with van der Waals surface area (Å²) in [5, 5.41) is 11.1. The van der Waals surface area contributed by atoms with Crippen molar-refractivity contribution in [3.63, 3.8) is 0 Å². The lowest BCUT2D eigenvalue weighted by atomic mass is 10.0. The first kappa shape index (κ1) is 16.5. The molecule has 3 N–H and O–H groups in total. The summed E-state index contributed by atoms with van der Waals surface area (Å²) in [5.41, 5.74) is 7.00. The lowest BCUT2D eigenvalue weighted by molar-refractivity contribution is -0.147. The molecule has 0 radical (unpaired) electrons. The number of nitrogens with two attached hydrogens (primary N) is 1. The number of aryl methyl sites for hydroxylation is 1. The molecule has 3 heterocycles. The molecule has 7 nitrogen and oxygen atoms in total. The largest absolute Gasteiger partial charge is 0.477 e. The van der Waals surface area contributed by atoms with E-state index in [0.717, 1.165) is 17.5 Å². The molecule has 1 aromatic heterocycles. The Kier molecular flexibility index (Phi) is 4.50. The second-order valence-electron chi connectivity index (χ2n) is 5.06. The maximum absolute atomic E-state index is 12.1. The Balaban J connectivity index is 1.76. The molecule has 1 aromatic rings. The molecule has 0 aliphatic carbocycles. The summed E-state index contributed by atoms with van der Waals surface area (Å²) in [6, 6.07) is -0.650. The lowest BCUT2D eigenvalue weighted by Gasteiger charge is -2.48. The number of hydrogen-bond acceptors (Lipinski definition) is 8. The van der Waals surface area contributed by atoms with Gasteiger partial charge in [-0.15, -0.1) is 23.1 Å². The zero-order valence-corrected chi connectivity index (χ0v) is 14.5. The molecule has 2 atom stereocenters. The van der Waals surface area contributed by atoms with Crippen LogP contribution >= 0.6 is 34.9 Å². The number of carboxylic acid groups (broad SMARTS) is 1. The van der Waals surface area contributed by atoms with Gasteiger partial charge in [0.1, 0.15) is 17.1 Å². The van der Waals surface area contributed by atoms with Crippen molar-refractivity contribution in [1.29, 1.82) is 0 Å². The first-order chi connectivity index (χ1) is 10.9. The van der Waals surface area contributed by atoms with Gasteiger partial charge in [0, 0.05) is 22.6 Å². The molecule has 2 aliphatic rings. The van der Waals surface area contributed by atoms with Gasteiger partial charge in [0.15, 0.2) is 5.01 Å². The number of thiazole rings is 1. The van der Waals surface area contributed by atoms with Crippen LogP contribution in [0, 0.1) is 6.92 Å². The van der Waals surface area contributed by atoms with Gasteiger partial charge < -0.3 is 10.8 Å². The molecule has 3 rings (SSSR count). The first-order valence-corrected chi connectivity index (χ1v) is 9.56. The maximum Gasteiger partial charge on any atom is 0.352 e. The Bertz CT molecular complexity index is 730. The van der Waals surface area contributed by atoms with Gasteiger partial charge in [-0.1, -0.05) is 11.8 Å². The van der Waals surface area contributed by atoms with Gasteiger partial charge in [0.05, 0.1) is 0 Å². The van der Waals surface area contributed by atoms with Crippen LogP contribution in [0.5, 0.6) is 0 Å². The van der Waals surface area contributed by atoms with Crippen LogP contribution in [0.3, 0.4) is 0 Å². The lowest BCUT2D eigenvalue weighted by Crippen LogP contribution is -2.68. The van der Waals surface area contributed by atoms with Gasteiger partial charge in [0.25, 0.3) is 0 Å². The third-order valence-corrected chi connectivity index (χ3v) is 6.86. The fraction of sp³-hybridized carbons (Fsp3) is 0.385. The van der Waals surface area contributed by atoms with Crippen molar-refractivity contribution in [2.24, 2.45) is 5.73 Å². The monoisotopic (exact) mass is 371 g/mol. The number of carboxylic acids is 1. The molecule has 1 fully saturated rings. The van der Waals surface area contributed by atoms with E-state index in [9.17, 15) is 19.5 Å². The Labute approximate surface area is 144 Å². The predicted octanol–water partition coefficient (Wildman–Crippen LogP) is 0.906. The quantitative estimate of drug-likeness (QED) is 0.751. The van der Waals surface area contributed by atoms with E-state index in [0.29, 0.717) is 16.3 Å². The van der Waals surface area contributed by atoms with Crippen LogP contribution in [-0.4, -0.2) is 54.9 Å². The van der Waals surface area contributed by atoms with Crippen LogP contribution in [0.15, 0.2) is 16.7 Å². The summed E-state index contributed by atoms with van der Waals surface area (Å²) in [5.74, 6) is -0.883. The summed E-state index contributed by atoms with van der Waals surface area (Å²) >= 11 is 3.70. The van der Waals surface area contributed by atoms with E-state index in [4.69, 9.17) is 5.73 Å². The summed E-state index contributed by atoms with van der Waals surface area (Å²) in [6.45, 7) is 1.81. The zero-order chi connectivity index (χ0) is 16.7. The smallest absolute Gasteiger partial charge is 0.352 e. The molecule has 0 spiro atoms. The van der Waals surface area contributed by atoms with Crippen molar-refractivity contribution in [3.8, 4) is 0 Å². The summed E-state index contributed by atoms with van der Waals surface area (Å²) in [4.78, 5) is 40.8. The van der Waals surface area contributed by atoms with Gasteiger partial charge in [-0.3, -0.25) is 14.5 Å². The summed E-state index contributed by atoms with van der Waals surface area (Å²) in [7, 11) is 0. The van der Waals surface area contributed by atoms with Crippen molar-refractivity contribution >= 4 is 51.9 Å². The number of hydrogen-bond donors (Lipinski definition) is 2. The highest BCUT2D eigenvalue weighted by atomic mass is 32.2. The highest BCUT2D eigenvalue weighted by Gasteiger charge is 2.51. The van der Waals surface area contributed by atoms with Gasteiger partial charge in [-0.2, -0.15) is 0 Å². The maximum atomic E-state index is 12.1. The van der Waals surface area contributed by atoms with Crippen LogP contribution < -0.4 is 5.73 Å². The Morgan fingerprint density at radius 3 is 2.91 bits per heavy atom. The Morgan fingerprint density at radius 1 is 1.57 bits per heavy atom. The minimum Gasteiger partial charge on any atom is -0.477 e. The molecule has 0 bridgehead atoms. The van der Waals surface area contributed by atoms with Crippen molar-refractivity contribution in [2.75, 3.05) is 11.5 Å². The first-order valence-electron chi connectivity index (χ1n) is 6.65. The van der Waals surface area contributed by atoms with Crippen LogP contribution in [0.2, 0.25) is 0 Å². The number of aromatic nitrogens is 1. The molecule has 23 heavy (non-hydrogen) atoms. The number of fused-ring (bicyclic) bond motifs is 1. The highest BCUT2D eigenvalue weighted by Crippen LogP contribution is 2.40. The Hall–Kier alpha value is -1.36. The van der Waals surface area contributed by atoms with Gasteiger partial charge in [-0.05, 0) is 12.5 Å². The average molecular weight is 371 g/mol. The third-order valence-electron chi connectivity index (χ3n) is 3.46. The SMILES string of the molecule is Cc1csc(C(=O)SCC2=C(C(=O)O)N3C(=O)C(N)[C@@H]3SC2)n1. The average Bonchev–Trinajstić information content (AvgIpc) is 2.97. The fourth-order valence-corrected chi connectivity index (χ4v) is 5.44. The van der Waals surface area contributed by atoms with E-state index < -0.39 is 12.0 Å². The van der Waals surface area contributed by atoms with Crippen molar-refractivity contribution in [2.45, 2.75) is 18.3 Å². The van der Waals surface area contributed by atoms with Crippen molar-refractivity contribution < 1.29 is 19.5 Å². The van der Waals surface area contributed by atoms with Crippen LogP contribution in [0.25, 0.3) is 0 Å². The Morgan fingerprint density at radius 2 is 2.30 bits per heavy atom. The molecule has 10 heteroatoms. The number of nitrogens with zero attached hydrogens (tertiary/aromatic N) is 2. The van der Waals surface area contributed by atoms with E-state index >= 15 is 0 Å². The van der Waals surface area contributed by atoms with Gasteiger partial charge in [-0.25, -0.2) is 9.78 Å². The van der Waals surface area contributed by atoms with Crippen LogP contribution in [0.4, 0.5) is 0 Å². The fourth-order valence-electron chi connectivity index (χ4n) is 2.35. The van der Waals surface area contributed by atoms with Crippen molar-refractivity contribution in [1.82, 2.24) is 9.88 Å². The number of β-lactam (4-membered cyclic amide) rings is 1. The second-order valence-corrected chi connectivity index (χ2v) is 7.97. The number of carbonyl (C=O) groups excluding carboxylic acids is 2. The zero-order valence-electron chi connectivity index (χ0n) is 12.0. The minimum atomic E-state index is -1.16. The minimum absolute atomic E-state index is 0.0314.